The van der Waals surface area contributed by atoms with Gasteiger partial charge >= 0.3 is 6.18 Å². The summed E-state index contributed by atoms with van der Waals surface area (Å²) in [5.41, 5.74) is -0.642. The van der Waals surface area contributed by atoms with Crippen LogP contribution in [0.25, 0.3) is 0 Å². The van der Waals surface area contributed by atoms with Gasteiger partial charge in [-0.15, -0.1) is 0 Å². The summed E-state index contributed by atoms with van der Waals surface area (Å²) in [5, 5.41) is 13.9. The fourth-order valence-electron chi connectivity index (χ4n) is 3.02. The minimum atomic E-state index is -4.51. The standard InChI is InChI=1S/C18H16F3N3O3/c19-18(20,21)15-6-2-1-4-12(15)9-23-11-14(8-16(23)25)22-17(26)13-5-3-7-24(27)10-13/h1-7,10,14H,8-9,11H2,(H,22,26)/t14-/m0/s1. The van der Waals surface area contributed by atoms with E-state index >= 15 is 0 Å². The molecule has 1 N–H and O–H groups in total. The van der Waals surface area contributed by atoms with Crippen LogP contribution in [0.4, 0.5) is 13.2 Å². The quantitative estimate of drug-likeness (QED) is 0.651. The summed E-state index contributed by atoms with van der Waals surface area (Å²) >= 11 is 0. The van der Waals surface area contributed by atoms with E-state index in [1.165, 1.54) is 41.4 Å². The van der Waals surface area contributed by atoms with Gasteiger partial charge in [-0.05, 0) is 17.7 Å². The van der Waals surface area contributed by atoms with Gasteiger partial charge in [-0.2, -0.15) is 17.9 Å². The number of hydrogen-bond acceptors (Lipinski definition) is 3. The second-order valence-corrected chi connectivity index (χ2v) is 6.26. The zero-order chi connectivity index (χ0) is 19.6. The van der Waals surface area contributed by atoms with Crippen LogP contribution >= 0.6 is 0 Å². The van der Waals surface area contributed by atoms with Crippen LogP contribution in [0.2, 0.25) is 0 Å². The molecule has 0 radical (unpaired) electrons. The summed E-state index contributed by atoms with van der Waals surface area (Å²) in [4.78, 5) is 25.6. The fourth-order valence-corrected chi connectivity index (χ4v) is 3.02. The highest BCUT2D eigenvalue weighted by Crippen LogP contribution is 2.32. The number of rotatable bonds is 4. The van der Waals surface area contributed by atoms with Gasteiger partial charge in [-0.25, -0.2) is 0 Å². The van der Waals surface area contributed by atoms with Gasteiger partial charge in [0.15, 0.2) is 12.4 Å². The molecule has 0 bridgehead atoms. The number of nitrogens with one attached hydrogen (secondary N) is 1. The molecular weight excluding hydrogens is 363 g/mol. The zero-order valence-electron chi connectivity index (χ0n) is 14.1. The van der Waals surface area contributed by atoms with Gasteiger partial charge in [0.25, 0.3) is 5.91 Å². The third-order valence-corrected chi connectivity index (χ3v) is 4.27. The maximum absolute atomic E-state index is 13.1. The van der Waals surface area contributed by atoms with Crippen LogP contribution in [-0.4, -0.2) is 29.3 Å². The van der Waals surface area contributed by atoms with Gasteiger partial charge in [-0.3, -0.25) is 9.59 Å². The Morgan fingerprint density at radius 1 is 1.26 bits per heavy atom. The molecule has 1 aliphatic rings. The molecule has 9 heteroatoms. The summed E-state index contributed by atoms with van der Waals surface area (Å²) in [5.74, 6) is -0.861. The Balaban J connectivity index is 1.67. The first-order chi connectivity index (χ1) is 12.7. The third-order valence-electron chi connectivity index (χ3n) is 4.27. The third kappa shape index (κ3) is 4.36. The van der Waals surface area contributed by atoms with Crippen molar-refractivity contribution in [3.8, 4) is 0 Å². The van der Waals surface area contributed by atoms with Crippen LogP contribution < -0.4 is 10.0 Å². The molecule has 6 nitrogen and oxygen atoms in total. The molecule has 1 aromatic carbocycles. The molecule has 0 aliphatic carbocycles. The van der Waals surface area contributed by atoms with E-state index in [1.54, 1.807) is 0 Å². The second-order valence-electron chi connectivity index (χ2n) is 6.26. The molecule has 27 heavy (non-hydrogen) atoms. The van der Waals surface area contributed by atoms with Crippen LogP contribution in [0.3, 0.4) is 0 Å². The van der Waals surface area contributed by atoms with Gasteiger partial charge in [0, 0.05) is 25.6 Å². The minimum Gasteiger partial charge on any atom is -0.619 e. The number of nitrogens with zero attached hydrogens (tertiary/aromatic N) is 2. The molecule has 2 heterocycles. The zero-order valence-corrected chi connectivity index (χ0v) is 14.1. The molecule has 1 aromatic heterocycles. The summed E-state index contributed by atoms with van der Waals surface area (Å²) < 4.78 is 39.8. The highest BCUT2D eigenvalue weighted by Gasteiger charge is 2.36. The van der Waals surface area contributed by atoms with Gasteiger partial charge < -0.3 is 15.4 Å². The molecule has 1 fully saturated rings. The Morgan fingerprint density at radius 2 is 2.00 bits per heavy atom. The van der Waals surface area contributed by atoms with Crippen molar-refractivity contribution in [3.05, 3.63) is 70.7 Å². The topological polar surface area (TPSA) is 76.4 Å². The van der Waals surface area contributed by atoms with Gasteiger partial charge in [0.2, 0.25) is 5.91 Å². The van der Waals surface area contributed by atoms with E-state index in [2.05, 4.69) is 5.32 Å². The molecule has 0 spiro atoms. The first kappa shape index (κ1) is 18.7. The molecule has 1 saturated heterocycles. The number of benzene rings is 1. The van der Waals surface area contributed by atoms with Crippen molar-refractivity contribution in [1.29, 1.82) is 0 Å². The van der Waals surface area contributed by atoms with Crippen molar-refractivity contribution in [3.63, 3.8) is 0 Å². The Morgan fingerprint density at radius 3 is 2.70 bits per heavy atom. The number of hydrogen-bond donors (Lipinski definition) is 1. The largest absolute Gasteiger partial charge is 0.619 e. The highest BCUT2D eigenvalue weighted by molar-refractivity contribution is 5.94. The number of carbonyl (C=O) groups excluding carboxylic acids is 2. The molecule has 142 valence electrons. The van der Waals surface area contributed by atoms with Crippen molar-refractivity contribution >= 4 is 11.8 Å². The van der Waals surface area contributed by atoms with E-state index in [1.807, 2.05) is 0 Å². The fraction of sp³-hybridized carbons (Fsp3) is 0.278. The Labute approximate surface area is 152 Å². The maximum Gasteiger partial charge on any atom is 0.416 e. The van der Waals surface area contributed by atoms with E-state index in [0.717, 1.165) is 12.3 Å². The van der Waals surface area contributed by atoms with Crippen LogP contribution in [0.1, 0.15) is 27.9 Å². The summed E-state index contributed by atoms with van der Waals surface area (Å²) in [6, 6.07) is 7.42. The molecule has 2 aromatic rings. The smallest absolute Gasteiger partial charge is 0.416 e. The average Bonchev–Trinajstić information content (AvgIpc) is 2.93. The summed E-state index contributed by atoms with van der Waals surface area (Å²) in [6.07, 6.45) is -2.18. The number of aromatic nitrogens is 1. The number of alkyl halides is 3. The van der Waals surface area contributed by atoms with Crippen LogP contribution in [0.5, 0.6) is 0 Å². The number of carbonyl (C=O) groups is 2. The van der Waals surface area contributed by atoms with Crippen molar-refractivity contribution < 1.29 is 27.5 Å². The van der Waals surface area contributed by atoms with Gasteiger partial charge in [0.1, 0.15) is 5.56 Å². The molecule has 2 amide bonds. The Bertz CT molecular complexity index is 870. The number of pyridine rings is 1. The van der Waals surface area contributed by atoms with Crippen molar-refractivity contribution in [1.82, 2.24) is 10.2 Å². The van der Waals surface area contributed by atoms with Crippen LogP contribution in [0.15, 0.2) is 48.8 Å². The Hall–Kier alpha value is -3.10. The Kier molecular flexibility index (Phi) is 5.02. The lowest BCUT2D eigenvalue weighted by atomic mass is 10.1. The van der Waals surface area contributed by atoms with Crippen LogP contribution in [0, 0.1) is 5.21 Å². The normalized spacial score (nSPS) is 17.2. The summed E-state index contributed by atoms with van der Waals surface area (Å²) in [7, 11) is 0. The lowest BCUT2D eigenvalue weighted by Gasteiger charge is -2.20. The molecule has 0 saturated carbocycles. The predicted octanol–water partition coefficient (Wildman–Crippen LogP) is 1.87. The molecule has 0 unspecified atom stereocenters. The van der Waals surface area contributed by atoms with Gasteiger partial charge in [-0.1, -0.05) is 18.2 Å². The van der Waals surface area contributed by atoms with Gasteiger partial charge in [0.05, 0.1) is 11.6 Å². The van der Waals surface area contributed by atoms with E-state index in [9.17, 15) is 28.0 Å². The van der Waals surface area contributed by atoms with E-state index in [0.29, 0.717) is 4.73 Å². The van der Waals surface area contributed by atoms with E-state index in [-0.39, 0.29) is 36.5 Å². The van der Waals surface area contributed by atoms with E-state index in [4.69, 9.17) is 0 Å². The first-order valence-corrected chi connectivity index (χ1v) is 8.16. The number of likely N-dealkylation sites (tertiary alicyclic amines) is 1. The van der Waals surface area contributed by atoms with Crippen molar-refractivity contribution in [2.24, 2.45) is 0 Å². The predicted molar refractivity (Wildman–Crippen MR) is 88.1 cm³/mol. The summed E-state index contributed by atoms with van der Waals surface area (Å²) in [6.45, 7) is -0.0895. The molecular formula is C18H16F3N3O3. The molecule has 1 atom stereocenters. The highest BCUT2D eigenvalue weighted by atomic mass is 19.4. The number of amides is 2. The molecule has 1 aliphatic heterocycles. The lowest BCUT2D eigenvalue weighted by Crippen LogP contribution is -2.38. The van der Waals surface area contributed by atoms with E-state index < -0.39 is 23.7 Å². The lowest BCUT2D eigenvalue weighted by molar-refractivity contribution is -0.605. The van der Waals surface area contributed by atoms with Crippen molar-refractivity contribution in [2.45, 2.75) is 25.2 Å². The number of halogens is 3. The SMILES string of the molecule is O=C(N[C@H]1CC(=O)N(Cc2ccccc2C(F)(F)F)C1)c1ccc[n+]([O-])c1. The monoisotopic (exact) mass is 379 g/mol. The minimum absolute atomic E-state index is 0.000725. The molecule has 3 rings (SSSR count). The van der Waals surface area contributed by atoms with Crippen LogP contribution in [-0.2, 0) is 17.5 Å². The van der Waals surface area contributed by atoms with Crippen molar-refractivity contribution in [2.75, 3.05) is 6.54 Å². The average molecular weight is 379 g/mol. The maximum atomic E-state index is 13.1. The first-order valence-electron chi connectivity index (χ1n) is 8.16. The second kappa shape index (κ2) is 7.26.